The molecule has 0 amide bonds. The smallest absolute Gasteiger partial charge is 0.309 e. The fourth-order valence-electron chi connectivity index (χ4n) is 2.21. The van der Waals surface area contributed by atoms with Crippen LogP contribution in [-0.2, 0) is 14.3 Å². The van der Waals surface area contributed by atoms with Crippen molar-refractivity contribution in [2.75, 3.05) is 6.61 Å². The van der Waals surface area contributed by atoms with Crippen molar-refractivity contribution in [1.29, 1.82) is 0 Å². The summed E-state index contributed by atoms with van der Waals surface area (Å²) in [5, 5.41) is 0. The lowest BCUT2D eigenvalue weighted by molar-refractivity contribution is -0.146. The average Bonchev–Trinajstić information content (AvgIpc) is 2.65. The van der Waals surface area contributed by atoms with Crippen LogP contribution in [0.1, 0.15) is 19.8 Å². The summed E-state index contributed by atoms with van der Waals surface area (Å²) in [6.07, 6.45) is 1.57. The maximum Gasteiger partial charge on any atom is 0.309 e. The number of hydrogen-bond donors (Lipinski definition) is 0. The van der Waals surface area contributed by atoms with Crippen molar-refractivity contribution < 1.29 is 14.3 Å². The van der Waals surface area contributed by atoms with Gasteiger partial charge in [0.2, 0.25) is 0 Å². The molecule has 2 aliphatic carbocycles. The van der Waals surface area contributed by atoms with Gasteiger partial charge < -0.3 is 4.74 Å². The van der Waals surface area contributed by atoms with Crippen LogP contribution in [0.4, 0.5) is 0 Å². The summed E-state index contributed by atoms with van der Waals surface area (Å²) in [6.45, 7) is 2.21. The van der Waals surface area contributed by atoms with Gasteiger partial charge in [-0.05, 0) is 19.3 Å². The summed E-state index contributed by atoms with van der Waals surface area (Å²) in [7, 11) is 0. The van der Waals surface area contributed by atoms with Crippen molar-refractivity contribution in [2.45, 2.75) is 19.8 Å². The van der Waals surface area contributed by atoms with Crippen molar-refractivity contribution in [3.63, 3.8) is 0 Å². The molecule has 0 aliphatic heterocycles. The molecule has 0 spiro atoms. The summed E-state index contributed by atoms with van der Waals surface area (Å²) >= 11 is 0. The molecule has 0 heterocycles. The predicted molar refractivity (Wildman–Crippen MR) is 41.3 cm³/mol. The van der Waals surface area contributed by atoms with Crippen molar-refractivity contribution >= 4 is 11.8 Å². The van der Waals surface area contributed by atoms with Gasteiger partial charge in [-0.25, -0.2) is 0 Å². The number of rotatable bonds is 2. The van der Waals surface area contributed by atoms with E-state index in [9.17, 15) is 9.59 Å². The Balaban J connectivity index is 1.94. The van der Waals surface area contributed by atoms with Crippen LogP contribution in [0.2, 0.25) is 0 Å². The van der Waals surface area contributed by atoms with Crippen molar-refractivity contribution in [3.8, 4) is 0 Å². The van der Waals surface area contributed by atoms with E-state index in [2.05, 4.69) is 0 Å². The van der Waals surface area contributed by atoms with Gasteiger partial charge in [0.15, 0.2) is 0 Å². The first-order valence-corrected chi connectivity index (χ1v) is 4.45. The number of esters is 1. The number of Topliss-reactive ketones (excluding diaryl/α,β-unsaturated/α-hetero) is 1. The molecule has 0 aromatic carbocycles. The Morgan fingerprint density at radius 2 is 2.42 bits per heavy atom. The normalized spacial score (nSPS) is 37.8. The van der Waals surface area contributed by atoms with E-state index < -0.39 is 0 Å². The number of fused-ring (bicyclic) bond motifs is 1. The zero-order valence-electron chi connectivity index (χ0n) is 7.08. The topological polar surface area (TPSA) is 43.4 Å². The van der Waals surface area contributed by atoms with E-state index in [0.717, 1.165) is 6.42 Å². The van der Waals surface area contributed by atoms with Crippen LogP contribution >= 0.6 is 0 Å². The van der Waals surface area contributed by atoms with E-state index in [1.807, 2.05) is 0 Å². The van der Waals surface area contributed by atoms with Gasteiger partial charge in [-0.15, -0.1) is 0 Å². The van der Waals surface area contributed by atoms with E-state index in [4.69, 9.17) is 4.74 Å². The molecule has 0 N–H and O–H groups in total. The molecule has 3 nitrogen and oxygen atoms in total. The van der Waals surface area contributed by atoms with Gasteiger partial charge >= 0.3 is 5.97 Å². The maximum absolute atomic E-state index is 11.2. The minimum absolute atomic E-state index is 0.0315. The molecule has 2 saturated carbocycles. The zero-order chi connectivity index (χ0) is 8.72. The number of hydrogen-bond acceptors (Lipinski definition) is 3. The average molecular weight is 168 g/mol. The summed E-state index contributed by atoms with van der Waals surface area (Å²) in [5.74, 6) is 0.380. The lowest BCUT2D eigenvalue weighted by atomic mass is 10.1. The molecule has 2 fully saturated rings. The fraction of sp³-hybridized carbons (Fsp3) is 0.778. The Hall–Kier alpha value is -0.860. The Labute approximate surface area is 71.1 Å². The molecule has 0 radical (unpaired) electrons. The number of carbonyl (C=O) groups excluding carboxylic acids is 2. The molecule has 2 aliphatic rings. The Kier molecular flexibility index (Phi) is 1.67. The van der Waals surface area contributed by atoms with Crippen molar-refractivity contribution in [3.05, 3.63) is 0 Å². The van der Waals surface area contributed by atoms with Crippen LogP contribution in [0.25, 0.3) is 0 Å². The van der Waals surface area contributed by atoms with Gasteiger partial charge in [0.05, 0.1) is 12.5 Å². The molecule has 0 unspecified atom stereocenters. The van der Waals surface area contributed by atoms with Crippen LogP contribution in [0, 0.1) is 17.8 Å². The lowest BCUT2D eigenvalue weighted by Crippen LogP contribution is -2.12. The Bertz CT molecular complexity index is 234. The largest absolute Gasteiger partial charge is 0.466 e. The third kappa shape index (κ3) is 0.958. The number of carbonyl (C=O) groups is 2. The van der Waals surface area contributed by atoms with E-state index in [-0.39, 0.29) is 23.6 Å². The monoisotopic (exact) mass is 168 g/mol. The van der Waals surface area contributed by atoms with E-state index in [0.29, 0.717) is 18.9 Å². The summed E-state index contributed by atoms with van der Waals surface area (Å²) < 4.78 is 4.86. The Morgan fingerprint density at radius 1 is 1.67 bits per heavy atom. The van der Waals surface area contributed by atoms with Gasteiger partial charge in [-0.1, -0.05) is 0 Å². The molecule has 12 heavy (non-hydrogen) atoms. The van der Waals surface area contributed by atoms with Crippen LogP contribution in [0.3, 0.4) is 0 Å². The molecule has 3 atom stereocenters. The van der Waals surface area contributed by atoms with Gasteiger partial charge in [-0.2, -0.15) is 0 Å². The fourth-order valence-corrected chi connectivity index (χ4v) is 2.21. The van der Waals surface area contributed by atoms with Gasteiger partial charge in [0.1, 0.15) is 5.78 Å². The Morgan fingerprint density at radius 3 is 2.92 bits per heavy atom. The minimum atomic E-state index is -0.166. The first-order valence-electron chi connectivity index (χ1n) is 4.45. The first-order chi connectivity index (χ1) is 5.75. The molecule has 0 aromatic heterocycles. The predicted octanol–water partition coefficient (Wildman–Crippen LogP) is 0.775. The molecular weight excluding hydrogens is 156 g/mol. The molecule has 2 rings (SSSR count). The second-order valence-electron chi connectivity index (χ2n) is 3.47. The highest BCUT2D eigenvalue weighted by Crippen LogP contribution is 2.55. The van der Waals surface area contributed by atoms with E-state index >= 15 is 0 Å². The second kappa shape index (κ2) is 2.57. The van der Waals surface area contributed by atoms with Crippen molar-refractivity contribution in [2.24, 2.45) is 17.8 Å². The highest BCUT2D eigenvalue weighted by molar-refractivity contribution is 5.94. The van der Waals surface area contributed by atoms with Gasteiger partial charge in [0, 0.05) is 12.3 Å². The van der Waals surface area contributed by atoms with Crippen molar-refractivity contribution in [1.82, 2.24) is 0 Å². The van der Waals surface area contributed by atoms with E-state index in [1.165, 1.54) is 0 Å². The molecule has 0 bridgehead atoms. The second-order valence-corrected chi connectivity index (χ2v) is 3.47. The molecule has 3 heteroatoms. The molecule has 0 aromatic rings. The molecule has 66 valence electrons. The maximum atomic E-state index is 11.2. The lowest BCUT2D eigenvalue weighted by Gasteiger charge is -2.01. The van der Waals surface area contributed by atoms with Crippen LogP contribution in [0.15, 0.2) is 0 Å². The summed E-state index contributed by atoms with van der Waals surface area (Å²) in [4.78, 5) is 22.3. The zero-order valence-corrected chi connectivity index (χ0v) is 7.08. The van der Waals surface area contributed by atoms with Crippen LogP contribution in [0.5, 0.6) is 0 Å². The third-order valence-electron chi connectivity index (χ3n) is 2.82. The first kappa shape index (κ1) is 7.77. The van der Waals surface area contributed by atoms with E-state index in [1.54, 1.807) is 6.92 Å². The highest BCUT2D eigenvalue weighted by atomic mass is 16.5. The summed E-state index contributed by atoms with van der Waals surface area (Å²) in [6, 6.07) is 0. The summed E-state index contributed by atoms with van der Waals surface area (Å²) in [5.41, 5.74) is 0. The van der Waals surface area contributed by atoms with Gasteiger partial charge in [0.25, 0.3) is 0 Å². The highest BCUT2D eigenvalue weighted by Gasteiger charge is 2.62. The molecular formula is C9H12O3. The standard InChI is InChI=1S/C9H12O3/c1-2-12-9(11)8-5-3-4-6(10)7(5)8/h5,7-8H,2-4H2,1H3/t5-,7+,8-/m0/s1. The van der Waals surface area contributed by atoms with Crippen LogP contribution in [-0.4, -0.2) is 18.4 Å². The van der Waals surface area contributed by atoms with Gasteiger partial charge in [-0.3, -0.25) is 9.59 Å². The van der Waals surface area contributed by atoms with Crippen LogP contribution < -0.4 is 0 Å². The number of ether oxygens (including phenoxy) is 1. The minimum Gasteiger partial charge on any atom is -0.466 e. The SMILES string of the molecule is CCOC(=O)[C@H]1[C@H]2CCC(=O)[C@@H]21. The quantitative estimate of drug-likeness (QED) is 0.572. The third-order valence-corrected chi connectivity index (χ3v) is 2.82. The number of ketones is 1. The molecule has 0 saturated heterocycles.